The molecule has 2 aromatic carbocycles. The zero-order valence-electron chi connectivity index (χ0n) is 15.1. The third kappa shape index (κ3) is 4.72. The first-order chi connectivity index (χ1) is 13.2. The van der Waals surface area contributed by atoms with Gasteiger partial charge in [0.15, 0.2) is 0 Å². The third-order valence-electron chi connectivity index (χ3n) is 3.68. The van der Waals surface area contributed by atoms with Crippen LogP contribution in [0, 0.1) is 0 Å². The van der Waals surface area contributed by atoms with Crippen molar-refractivity contribution in [2.24, 2.45) is 0 Å². The molecule has 0 fully saturated rings. The summed E-state index contributed by atoms with van der Waals surface area (Å²) >= 11 is 0. The Morgan fingerprint density at radius 2 is 1.93 bits per heavy atom. The highest BCUT2D eigenvalue weighted by molar-refractivity contribution is 6.03. The molecule has 1 heterocycles. The summed E-state index contributed by atoms with van der Waals surface area (Å²) in [5.74, 6) is 1.52. The maximum absolute atomic E-state index is 12.5. The van der Waals surface area contributed by atoms with E-state index in [9.17, 15) is 4.79 Å². The Morgan fingerprint density at radius 1 is 1.07 bits per heavy atom. The molecule has 0 aliphatic rings. The summed E-state index contributed by atoms with van der Waals surface area (Å²) in [6, 6.07) is 16.2. The average Bonchev–Trinajstić information content (AvgIpc) is 2.70. The maximum atomic E-state index is 12.5. The quantitative estimate of drug-likeness (QED) is 0.662. The van der Waals surface area contributed by atoms with E-state index >= 15 is 0 Å². The number of hydrogen-bond donors (Lipinski definition) is 2. The Kier molecular flexibility index (Phi) is 5.84. The van der Waals surface area contributed by atoms with Crippen molar-refractivity contribution in [2.75, 3.05) is 24.4 Å². The average molecular weight is 364 g/mol. The van der Waals surface area contributed by atoms with Gasteiger partial charge >= 0.3 is 0 Å². The number of carbonyl (C=O) groups excluding carboxylic acids is 1. The normalized spacial score (nSPS) is 10.1. The monoisotopic (exact) mass is 364 g/mol. The molecule has 0 aliphatic carbocycles. The molecule has 3 aromatic rings. The Bertz CT molecular complexity index is 930. The van der Waals surface area contributed by atoms with E-state index in [1.54, 1.807) is 37.4 Å². The van der Waals surface area contributed by atoms with Crippen molar-refractivity contribution in [1.29, 1.82) is 0 Å². The fraction of sp³-hybridized carbons (Fsp3) is 0.150. The molecular formula is C20H20N4O3. The second kappa shape index (κ2) is 8.66. The fourth-order valence-electron chi connectivity index (χ4n) is 2.44. The first-order valence-electron chi connectivity index (χ1n) is 8.46. The van der Waals surface area contributed by atoms with Gasteiger partial charge in [-0.2, -0.15) is 0 Å². The van der Waals surface area contributed by atoms with Crippen molar-refractivity contribution >= 4 is 23.1 Å². The van der Waals surface area contributed by atoms with Crippen molar-refractivity contribution in [1.82, 2.24) is 9.97 Å². The molecule has 0 aliphatic heterocycles. The molecule has 1 amide bonds. The summed E-state index contributed by atoms with van der Waals surface area (Å²) in [5, 5.41) is 5.95. The smallest absolute Gasteiger partial charge is 0.274 e. The standard InChI is InChI=1S/C20H20N4O3/c1-3-27-18-10-5-4-9-16(18)24-19-12-17(21-13-22-19)20(25)23-14-7-6-8-15(11-14)26-2/h4-13H,3H2,1-2H3,(H,23,25)(H,21,22,24). The molecule has 0 radical (unpaired) electrons. The van der Waals surface area contributed by atoms with Gasteiger partial charge in [-0.1, -0.05) is 18.2 Å². The number of nitrogens with zero attached hydrogens (tertiary/aromatic N) is 2. The summed E-state index contributed by atoms with van der Waals surface area (Å²) in [7, 11) is 1.57. The van der Waals surface area contributed by atoms with Crippen LogP contribution in [0.5, 0.6) is 11.5 Å². The van der Waals surface area contributed by atoms with Crippen LogP contribution >= 0.6 is 0 Å². The van der Waals surface area contributed by atoms with Gasteiger partial charge in [0.25, 0.3) is 5.91 Å². The molecule has 0 saturated carbocycles. The minimum Gasteiger partial charge on any atom is -0.497 e. The molecule has 0 unspecified atom stereocenters. The lowest BCUT2D eigenvalue weighted by atomic mass is 10.2. The van der Waals surface area contributed by atoms with Crippen molar-refractivity contribution in [3.05, 3.63) is 66.6 Å². The summed E-state index contributed by atoms with van der Waals surface area (Å²) in [6.07, 6.45) is 1.34. The van der Waals surface area contributed by atoms with Crippen LogP contribution in [0.3, 0.4) is 0 Å². The molecular weight excluding hydrogens is 344 g/mol. The van der Waals surface area contributed by atoms with E-state index in [-0.39, 0.29) is 11.6 Å². The second-order valence-electron chi connectivity index (χ2n) is 5.53. The van der Waals surface area contributed by atoms with Gasteiger partial charge in [0.05, 0.1) is 19.4 Å². The Hall–Kier alpha value is -3.61. The molecule has 0 saturated heterocycles. The van der Waals surface area contributed by atoms with Gasteiger partial charge in [-0.3, -0.25) is 4.79 Å². The molecule has 27 heavy (non-hydrogen) atoms. The molecule has 0 spiro atoms. The lowest BCUT2D eigenvalue weighted by molar-refractivity contribution is 0.102. The number of benzene rings is 2. The van der Waals surface area contributed by atoms with Crippen LogP contribution in [0.25, 0.3) is 0 Å². The molecule has 0 atom stereocenters. The Morgan fingerprint density at radius 3 is 2.74 bits per heavy atom. The van der Waals surface area contributed by atoms with Gasteiger partial charge in [-0.15, -0.1) is 0 Å². The highest BCUT2D eigenvalue weighted by atomic mass is 16.5. The summed E-state index contributed by atoms with van der Waals surface area (Å²) in [4.78, 5) is 20.7. The number of anilines is 3. The van der Waals surface area contributed by atoms with E-state index in [2.05, 4.69) is 20.6 Å². The van der Waals surface area contributed by atoms with Gasteiger partial charge in [-0.05, 0) is 31.2 Å². The lowest BCUT2D eigenvalue weighted by Crippen LogP contribution is -2.14. The molecule has 0 bridgehead atoms. The molecule has 3 rings (SSSR count). The first kappa shape index (κ1) is 18.2. The van der Waals surface area contributed by atoms with E-state index in [1.807, 2.05) is 31.2 Å². The van der Waals surface area contributed by atoms with Crippen molar-refractivity contribution < 1.29 is 14.3 Å². The minimum atomic E-state index is -0.341. The van der Waals surface area contributed by atoms with Crippen molar-refractivity contribution in [2.45, 2.75) is 6.92 Å². The highest BCUT2D eigenvalue weighted by Crippen LogP contribution is 2.26. The molecule has 138 valence electrons. The van der Waals surface area contributed by atoms with Crippen LogP contribution < -0.4 is 20.1 Å². The topological polar surface area (TPSA) is 85.4 Å². The SMILES string of the molecule is CCOc1ccccc1Nc1cc(C(=O)Nc2cccc(OC)c2)ncn1. The fourth-order valence-corrected chi connectivity index (χ4v) is 2.44. The zero-order valence-corrected chi connectivity index (χ0v) is 15.1. The van der Waals surface area contributed by atoms with Crippen molar-refractivity contribution in [3.63, 3.8) is 0 Å². The van der Waals surface area contributed by atoms with Gasteiger partial charge in [0, 0.05) is 17.8 Å². The number of aromatic nitrogens is 2. The van der Waals surface area contributed by atoms with E-state index in [0.29, 0.717) is 29.6 Å². The summed E-state index contributed by atoms with van der Waals surface area (Å²) < 4.78 is 10.8. The predicted octanol–water partition coefficient (Wildman–Crippen LogP) is 3.88. The number of amides is 1. The Labute approximate surface area is 157 Å². The molecule has 2 N–H and O–H groups in total. The van der Waals surface area contributed by atoms with Crippen molar-refractivity contribution in [3.8, 4) is 11.5 Å². The number of methoxy groups -OCH3 is 1. The maximum Gasteiger partial charge on any atom is 0.274 e. The third-order valence-corrected chi connectivity index (χ3v) is 3.68. The largest absolute Gasteiger partial charge is 0.497 e. The minimum absolute atomic E-state index is 0.240. The summed E-state index contributed by atoms with van der Waals surface area (Å²) in [5.41, 5.74) is 1.62. The lowest BCUT2D eigenvalue weighted by Gasteiger charge is -2.12. The van der Waals surface area contributed by atoms with Gasteiger partial charge in [0.1, 0.15) is 29.3 Å². The zero-order chi connectivity index (χ0) is 19.1. The van der Waals surface area contributed by atoms with Crippen LogP contribution in [-0.4, -0.2) is 29.6 Å². The van der Waals surface area contributed by atoms with Crippen LogP contribution in [0.4, 0.5) is 17.2 Å². The van der Waals surface area contributed by atoms with Crippen LogP contribution in [0.1, 0.15) is 17.4 Å². The number of nitrogens with one attached hydrogen (secondary N) is 2. The number of hydrogen-bond acceptors (Lipinski definition) is 6. The van der Waals surface area contributed by atoms with E-state index < -0.39 is 0 Å². The number of para-hydroxylation sites is 2. The highest BCUT2D eigenvalue weighted by Gasteiger charge is 2.11. The van der Waals surface area contributed by atoms with Gasteiger partial charge < -0.3 is 20.1 Å². The van der Waals surface area contributed by atoms with Crippen LogP contribution in [0.15, 0.2) is 60.9 Å². The molecule has 7 heteroatoms. The Balaban J connectivity index is 1.76. The van der Waals surface area contributed by atoms with Gasteiger partial charge in [0.2, 0.25) is 0 Å². The number of ether oxygens (including phenoxy) is 2. The summed E-state index contributed by atoms with van der Waals surface area (Å²) in [6.45, 7) is 2.47. The predicted molar refractivity (Wildman–Crippen MR) is 104 cm³/mol. The second-order valence-corrected chi connectivity index (χ2v) is 5.53. The molecule has 7 nitrogen and oxygen atoms in total. The number of carbonyl (C=O) groups is 1. The van der Waals surface area contributed by atoms with E-state index in [4.69, 9.17) is 9.47 Å². The van der Waals surface area contributed by atoms with E-state index in [0.717, 1.165) is 5.69 Å². The number of rotatable bonds is 7. The van der Waals surface area contributed by atoms with Gasteiger partial charge in [-0.25, -0.2) is 9.97 Å². The molecule has 1 aromatic heterocycles. The van der Waals surface area contributed by atoms with Crippen LogP contribution in [0.2, 0.25) is 0 Å². The van der Waals surface area contributed by atoms with E-state index in [1.165, 1.54) is 6.33 Å². The van der Waals surface area contributed by atoms with Crippen LogP contribution in [-0.2, 0) is 0 Å². The first-order valence-corrected chi connectivity index (χ1v) is 8.46.